The third-order valence-corrected chi connectivity index (χ3v) is 3.72. The first-order valence-corrected chi connectivity index (χ1v) is 7.62. The Hall–Kier alpha value is -2.49. The molecule has 2 aromatic rings. The van der Waals surface area contributed by atoms with Gasteiger partial charge in [0.1, 0.15) is 5.76 Å². The lowest BCUT2D eigenvalue weighted by Crippen LogP contribution is -2.44. The summed E-state index contributed by atoms with van der Waals surface area (Å²) < 4.78 is 5.30. The first-order chi connectivity index (χ1) is 10.8. The first-order valence-electron chi connectivity index (χ1n) is 7.62. The Morgan fingerprint density at radius 1 is 1.05 bits per heavy atom. The van der Waals surface area contributed by atoms with Crippen molar-refractivity contribution in [2.75, 3.05) is 31.1 Å². The molecule has 1 aromatic carbocycles. The summed E-state index contributed by atoms with van der Waals surface area (Å²) in [6.07, 6.45) is 5.57. The molecule has 1 aromatic heterocycles. The van der Waals surface area contributed by atoms with E-state index < -0.39 is 0 Å². The van der Waals surface area contributed by atoms with Crippen molar-refractivity contribution >= 4 is 18.0 Å². The molecule has 0 N–H and O–H groups in total. The average Bonchev–Trinajstić information content (AvgIpc) is 3.07. The summed E-state index contributed by atoms with van der Waals surface area (Å²) in [4.78, 5) is 2.40. The van der Waals surface area contributed by atoms with Crippen LogP contribution in [-0.4, -0.2) is 37.4 Å². The van der Waals surface area contributed by atoms with Crippen molar-refractivity contribution in [1.82, 2.24) is 5.01 Å². The molecule has 0 amide bonds. The summed E-state index contributed by atoms with van der Waals surface area (Å²) in [7, 11) is 0. The minimum absolute atomic E-state index is 0.859. The van der Waals surface area contributed by atoms with Crippen LogP contribution in [-0.2, 0) is 0 Å². The Bertz CT molecular complexity index is 624. The van der Waals surface area contributed by atoms with Crippen LogP contribution in [0, 0.1) is 0 Å². The maximum absolute atomic E-state index is 5.30. The highest BCUT2D eigenvalue weighted by Crippen LogP contribution is 2.15. The minimum atomic E-state index is 0.859. The molecule has 0 spiro atoms. The SMILES string of the molecule is CC(=C/c1ccco1)/C=N/N1CCN(c2ccccc2)CC1. The second-order valence-corrected chi connectivity index (χ2v) is 5.42. The van der Waals surface area contributed by atoms with Crippen LogP contribution in [0.15, 0.2) is 63.8 Å². The normalized spacial score (nSPS) is 16.5. The molecule has 0 radical (unpaired) electrons. The number of hydrogen-bond donors (Lipinski definition) is 0. The van der Waals surface area contributed by atoms with Crippen LogP contribution in [0.3, 0.4) is 0 Å². The molecule has 1 fully saturated rings. The van der Waals surface area contributed by atoms with Crippen LogP contribution in [0.25, 0.3) is 6.08 Å². The molecule has 0 atom stereocenters. The van der Waals surface area contributed by atoms with E-state index in [0.717, 1.165) is 37.5 Å². The number of hydrogen-bond acceptors (Lipinski definition) is 4. The van der Waals surface area contributed by atoms with E-state index in [0.29, 0.717) is 0 Å². The molecular formula is C18H21N3O. The molecule has 114 valence electrons. The van der Waals surface area contributed by atoms with Crippen molar-refractivity contribution in [3.05, 3.63) is 60.1 Å². The van der Waals surface area contributed by atoms with Gasteiger partial charge in [0.2, 0.25) is 0 Å². The summed E-state index contributed by atoms with van der Waals surface area (Å²) in [6, 6.07) is 14.4. The molecule has 0 saturated carbocycles. The van der Waals surface area contributed by atoms with E-state index in [-0.39, 0.29) is 0 Å². The minimum Gasteiger partial charge on any atom is -0.465 e. The van der Waals surface area contributed by atoms with E-state index in [1.54, 1.807) is 6.26 Å². The van der Waals surface area contributed by atoms with Gasteiger partial charge in [0, 0.05) is 18.8 Å². The van der Waals surface area contributed by atoms with Crippen molar-refractivity contribution < 1.29 is 4.42 Å². The maximum atomic E-state index is 5.30. The Kier molecular flexibility index (Phi) is 4.59. The number of rotatable bonds is 4. The number of allylic oxidation sites excluding steroid dienone is 1. The fourth-order valence-corrected chi connectivity index (χ4v) is 2.52. The van der Waals surface area contributed by atoms with E-state index in [2.05, 4.69) is 45.3 Å². The number of nitrogens with zero attached hydrogens (tertiary/aromatic N) is 3. The average molecular weight is 295 g/mol. The van der Waals surface area contributed by atoms with Crippen molar-refractivity contribution in [1.29, 1.82) is 0 Å². The highest BCUT2D eigenvalue weighted by atomic mass is 16.3. The monoisotopic (exact) mass is 295 g/mol. The molecule has 0 bridgehead atoms. The van der Waals surface area contributed by atoms with Crippen LogP contribution >= 0.6 is 0 Å². The molecule has 4 nitrogen and oxygen atoms in total. The topological polar surface area (TPSA) is 32.0 Å². The molecule has 0 aliphatic carbocycles. The number of benzene rings is 1. The number of hydrazone groups is 1. The third-order valence-electron chi connectivity index (χ3n) is 3.72. The first kappa shape index (κ1) is 14.4. The van der Waals surface area contributed by atoms with Gasteiger partial charge in [-0.25, -0.2) is 0 Å². The van der Waals surface area contributed by atoms with Crippen LogP contribution in [0.5, 0.6) is 0 Å². The predicted octanol–water partition coefficient (Wildman–Crippen LogP) is 3.49. The number of anilines is 1. The lowest BCUT2D eigenvalue weighted by molar-refractivity contribution is 0.272. The summed E-state index contributed by atoms with van der Waals surface area (Å²) in [5, 5.41) is 6.69. The number of para-hydroxylation sites is 1. The zero-order chi connectivity index (χ0) is 15.2. The number of piperazine rings is 1. The largest absolute Gasteiger partial charge is 0.465 e. The van der Waals surface area contributed by atoms with Crippen molar-refractivity contribution in [3.8, 4) is 0 Å². The van der Waals surface area contributed by atoms with Gasteiger partial charge in [0.05, 0.1) is 25.6 Å². The second-order valence-electron chi connectivity index (χ2n) is 5.42. The molecule has 2 heterocycles. The predicted molar refractivity (Wildman–Crippen MR) is 91.1 cm³/mol. The van der Waals surface area contributed by atoms with Crippen LogP contribution in [0.4, 0.5) is 5.69 Å². The van der Waals surface area contributed by atoms with Crippen LogP contribution < -0.4 is 4.90 Å². The zero-order valence-electron chi connectivity index (χ0n) is 12.9. The molecule has 1 aliphatic heterocycles. The lowest BCUT2D eigenvalue weighted by atomic mass is 10.2. The molecule has 4 heteroatoms. The smallest absolute Gasteiger partial charge is 0.126 e. The fourth-order valence-electron chi connectivity index (χ4n) is 2.52. The zero-order valence-corrected chi connectivity index (χ0v) is 12.9. The molecule has 1 saturated heterocycles. The summed E-state index contributed by atoms with van der Waals surface area (Å²) in [5.41, 5.74) is 2.38. The Morgan fingerprint density at radius 3 is 2.50 bits per heavy atom. The van der Waals surface area contributed by atoms with Crippen molar-refractivity contribution in [3.63, 3.8) is 0 Å². The quantitative estimate of drug-likeness (QED) is 0.809. The summed E-state index contributed by atoms with van der Waals surface area (Å²) in [6.45, 7) is 5.93. The molecular weight excluding hydrogens is 274 g/mol. The van der Waals surface area contributed by atoms with Gasteiger partial charge < -0.3 is 9.32 Å². The van der Waals surface area contributed by atoms with Crippen molar-refractivity contribution in [2.45, 2.75) is 6.92 Å². The van der Waals surface area contributed by atoms with Crippen LogP contribution in [0.2, 0.25) is 0 Å². The molecule has 3 rings (SSSR count). The van der Waals surface area contributed by atoms with Crippen molar-refractivity contribution in [2.24, 2.45) is 5.10 Å². The highest BCUT2D eigenvalue weighted by molar-refractivity contribution is 5.83. The number of furan rings is 1. The second kappa shape index (κ2) is 6.98. The van der Waals surface area contributed by atoms with Gasteiger partial charge in [0.15, 0.2) is 0 Å². The van der Waals surface area contributed by atoms with Gasteiger partial charge in [-0.15, -0.1) is 0 Å². The Labute approximate surface area is 131 Å². The van der Waals surface area contributed by atoms with Gasteiger partial charge in [-0.2, -0.15) is 5.10 Å². The fraction of sp³-hybridized carbons (Fsp3) is 0.278. The van der Waals surface area contributed by atoms with Gasteiger partial charge in [0.25, 0.3) is 0 Å². The van der Waals surface area contributed by atoms with Gasteiger partial charge in [-0.1, -0.05) is 18.2 Å². The maximum Gasteiger partial charge on any atom is 0.126 e. The third kappa shape index (κ3) is 3.79. The van der Waals surface area contributed by atoms with Gasteiger partial charge in [-0.3, -0.25) is 5.01 Å². The Balaban J connectivity index is 1.52. The van der Waals surface area contributed by atoms with E-state index >= 15 is 0 Å². The lowest BCUT2D eigenvalue weighted by Gasteiger charge is -2.34. The molecule has 22 heavy (non-hydrogen) atoms. The summed E-state index contributed by atoms with van der Waals surface area (Å²) in [5.74, 6) is 0.859. The Morgan fingerprint density at radius 2 is 1.82 bits per heavy atom. The highest BCUT2D eigenvalue weighted by Gasteiger charge is 2.15. The van der Waals surface area contributed by atoms with Gasteiger partial charge in [-0.05, 0) is 42.8 Å². The molecule has 1 aliphatic rings. The summed E-state index contributed by atoms with van der Waals surface area (Å²) >= 11 is 0. The van der Waals surface area contributed by atoms with Gasteiger partial charge >= 0.3 is 0 Å². The van der Waals surface area contributed by atoms with E-state index in [9.17, 15) is 0 Å². The van der Waals surface area contributed by atoms with E-state index in [1.165, 1.54) is 5.69 Å². The van der Waals surface area contributed by atoms with E-state index in [4.69, 9.17) is 4.42 Å². The standard InChI is InChI=1S/C18H21N3O/c1-16(14-18-8-5-13-22-18)15-19-21-11-9-20(10-12-21)17-6-3-2-4-7-17/h2-8,13-15H,9-12H2,1H3/b16-14-,19-15+. The molecule has 0 unspecified atom stereocenters. The van der Waals surface area contributed by atoms with Crippen LogP contribution in [0.1, 0.15) is 12.7 Å². The van der Waals surface area contributed by atoms with E-state index in [1.807, 2.05) is 31.3 Å².